The van der Waals surface area contributed by atoms with Gasteiger partial charge in [0.1, 0.15) is 0 Å². The fourth-order valence-corrected chi connectivity index (χ4v) is 2.42. The van der Waals surface area contributed by atoms with Crippen molar-refractivity contribution in [1.29, 1.82) is 0 Å². The third kappa shape index (κ3) is 4.62. The SMILES string of the molecule is CCC(CC)N(CCO)C(=O)Cc1ccc(CN)cc1. The lowest BCUT2D eigenvalue weighted by Gasteiger charge is -2.30. The van der Waals surface area contributed by atoms with Crippen LogP contribution in [0.4, 0.5) is 0 Å². The Balaban J connectivity index is 2.73. The molecule has 4 nitrogen and oxygen atoms in total. The van der Waals surface area contributed by atoms with Crippen LogP contribution >= 0.6 is 0 Å². The molecule has 0 aliphatic heterocycles. The van der Waals surface area contributed by atoms with Crippen molar-refractivity contribution in [2.45, 2.75) is 45.7 Å². The van der Waals surface area contributed by atoms with Gasteiger partial charge in [-0.3, -0.25) is 4.79 Å². The van der Waals surface area contributed by atoms with E-state index >= 15 is 0 Å². The number of hydrogen-bond donors (Lipinski definition) is 2. The second kappa shape index (κ2) is 8.72. The monoisotopic (exact) mass is 278 g/mol. The molecule has 0 fully saturated rings. The minimum atomic E-state index is 0.00829. The van der Waals surface area contributed by atoms with Crippen molar-refractivity contribution < 1.29 is 9.90 Å². The van der Waals surface area contributed by atoms with Gasteiger partial charge in [-0.1, -0.05) is 38.1 Å². The number of amides is 1. The van der Waals surface area contributed by atoms with Gasteiger partial charge in [0.2, 0.25) is 5.91 Å². The van der Waals surface area contributed by atoms with E-state index in [1.807, 2.05) is 24.3 Å². The molecule has 1 aromatic rings. The first-order chi connectivity index (χ1) is 9.65. The van der Waals surface area contributed by atoms with Gasteiger partial charge in [-0.15, -0.1) is 0 Å². The van der Waals surface area contributed by atoms with Crippen LogP contribution in [0.3, 0.4) is 0 Å². The van der Waals surface area contributed by atoms with Crippen LogP contribution in [-0.2, 0) is 17.8 Å². The van der Waals surface area contributed by atoms with Crippen LogP contribution in [0.15, 0.2) is 24.3 Å². The summed E-state index contributed by atoms with van der Waals surface area (Å²) in [6, 6.07) is 8.01. The van der Waals surface area contributed by atoms with Crippen molar-refractivity contribution in [3.8, 4) is 0 Å². The van der Waals surface area contributed by atoms with Crippen LogP contribution < -0.4 is 5.73 Å². The number of carbonyl (C=O) groups excluding carboxylic acids is 1. The van der Waals surface area contributed by atoms with E-state index in [2.05, 4.69) is 13.8 Å². The van der Waals surface area contributed by atoms with E-state index in [0.29, 0.717) is 19.5 Å². The molecular weight excluding hydrogens is 252 g/mol. The van der Waals surface area contributed by atoms with Gasteiger partial charge in [0.15, 0.2) is 0 Å². The molecule has 0 radical (unpaired) electrons. The van der Waals surface area contributed by atoms with Gasteiger partial charge in [-0.2, -0.15) is 0 Å². The average molecular weight is 278 g/mol. The Bertz CT molecular complexity index is 399. The third-order valence-corrected chi connectivity index (χ3v) is 3.66. The normalized spacial score (nSPS) is 10.8. The van der Waals surface area contributed by atoms with Crippen molar-refractivity contribution in [2.75, 3.05) is 13.2 Å². The zero-order valence-corrected chi connectivity index (χ0v) is 12.5. The summed E-state index contributed by atoms with van der Waals surface area (Å²) in [7, 11) is 0. The zero-order chi connectivity index (χ0) is 15.0. The van der Waals surface area contributed by atoms with E-state index in [-0.39, 0.29) is 18.6 Å². The Hall–Kier alpha value is -1.39. The highest BCUT2D eigenvalue weighted by Gasteiger charge is 2.20. The minimum Gasteiger partial charge on any atom is -0.395 e. The third-order valence-electron chi connectivity index (χ3n) is 3.66. The molecule has 20 heavy (non-hydrogen) atoms. The maximum Gasteiger partial charge on any atom is 0.227 e. The molecule has 0 bridgehead atoms. The second-order valence-electron chi connectivity index (χ2n) is 4.98. The van der Waals surface area contributed by atoms with Crippen LogP contribution in [0.2, 0.25) is 0 Å². The lowest BCUT2D eigenvalue weighted by atomic mass is 10.1. The van der Waals surface area contributed by atoms with Gasteiger partial charge in [0.25, 0.3) is 0 Å². The number of benzene rings is 1. The first-order valence-electron chi connectivity index (χ1n) is 7.34. The topological polar surface area (TPSA) is 66.6 Å². The number of nitrogens with two attached hydrogens (primary N) is 1. The molecule has 0 heterocycles. The van der Waals surface area contributed by atoms with Gasteiger partial charge in [-0.25, -0.2) is 0 Å². The number of aliphatic hydroxyl groups excluding tert-OH is 1. The van der Waals surface area contributed by atoms with Crippen LogP contribution in [0.1, 0.15) is 37.8 Å². The minimum absolute atomic E-state index is 0.00829. The quantitative estimate of drug-likeness (QED) is 0.760. The van der Waals surface area contributed by atoms with E-state index < -0.39 is 0 Å². The second-order valence-corrected chi connectivity index (χ2v) is 4.98. The Labute approximate surface area is 121 Å². The number of rotatable bonds is 8. The number of nitrogens with zero attached hydrogens (tertiary/aromatic N) is 1. The molecule has 4 heteroatoms. The molecule has 0 unspecified atom stereocenters. The highest BCUT2D eigenvalue weighted by molar-refractivity contribution is 5.79. The van der Waals surface area contributed by atoms with Crippen LogP contribution in [0.5, 0.6) is 0 Å². The van der Waals surface area contributed by atoms with Crippen molar-refractivity contribution in [1.82, 2.24) is 4.90 Å². The summed E-state index contributed by atoms with van der Waals surface area (Å²) in [5.74, 6) is 0.0771. The Kier molecular flexibility index (Phi) is 7.26. The zero-order valence-electron chi connectivity index (χ0n) is 12.5. The fraction of sp³-hybridized carbons (Fsp3) is 0.562. The van der Waals surface area contributed by atoms with E-state index in [1.165, 1.54) is 0 Å². The van der Waals surface area contributed by atoms with Crippen LogP contribution in [-0.4, -0.2) is 35.1 Å². The molecule has 0 aliphatic rings. The summed E-state index contributed by atoms with van der Waals surface area (Å²) in [6.07, 6.45) is 2.20. The summed E-state index contributed by atoms with van der Waals surface area (Å²) in [5.41, 5.74) is 7.61. The molecule has 1 amide bonds. The molecule has 1 rings (SSSR count). The summed E-state index contributed by atoms with van der Waals surface area (Å²) in [4.78, 5) is 14.2. The van der Waals surface area contributed by atoms with Crippen molar-refractivity contribution >= 4 is 5.91 Å². The largest absolute Gasteiger partial charge is 0.395 e. The standard InChI is InChI=1S/C16H26N2O2/c1-3-15(4-2)18(9-10-19)16(20)11-13-5-7-14(12-17)8-6-13/h5-8,15,19H,3-4,9-12,17H2,1-2H3. The van der Waals surface area contributed by atoms with Crippen molar-refractivity contribution in [2.24, 2.45) is 5.73 Å². The molecule has 0 saturated heterocycles. The Morgan fingerprint density at radius 1 is 1.20 bits per heavy atom. The van der Waals surface area contributed by atoms with E-state index in [4.69, 9.17) is 10.8 Å². The molecule has 1 aromatic carbocycles. The summed E-state index contributed by atoms with van der Waals surface area (Å²) >= 11 is 0. The highest BCUT2D eigenvalue weighted by Crippen LogP contribution is 2.12. The van der Waals surface area contributed by atoms with Gasteiger partial charge in [0, 0.05) is 19.1 Å². The predicted octanol–water partition coefficient (Wildman–Crippen LogP) is 1.70. The molecule has 0 aliphatic carbocycles. The van der Waals surface area contributed by atoms with E-state index in [9.17, 15) is 4.79 Å². The van der Waals surface area contributed by atoms with Crippen LogP contribution in [0, 0.1) is 0 Å². The van der Waals surface area contributed by atoms with Crippen LogP contribution in [0.25, 0.3) is 0 Å². The lowest BCUT2D eigenvalue weighted by molar-refractivity contribution is -0.133. The number of aliphatic hydroxyl groups is 1. The van der Waals surface area contributed by atoms with Gasteiger partial charge >= 0.3 is 0 Å². The molecule has 0 spiro atoms. The van der Waals surface area contributed by atoms with E-state index in [1.54, 1.807) is 4.90 Å². The van der Waals surface area contributed by atoms with Gasteiger partial charge in [0.05, 0.1) is 13.0 Å². The highest BCUT2D eigenvalue weighted by atomic mass is 16.3. The molecule has 112 valence electrons. The Morgan fingerprint density at radius 2 is 1.75 bits per heavy atom. The maximum absolute atomic E-state index is 12.4. The Morgan fingerprint density at radius 3 is 2.20 bits per heavy atom. The summed E-state index contributed by atoms with van der Waals surface area (Å²) < 4.78 is 0. The summed E-state index contributed by atoms with van der Waals surface area (Å²) in [6.45, 7) is 5.07. The first-order valence-corrected chi connectivity index (χ1v) is 7.34. The maximum atomic E-state index is 12.4. The first kappa shape index (κ1) is 16.7. The smallest absolute Gasteiger partial charge is 0.227 e. The van der Waals surface area contributed by atoms with Crippen molar-refractivity contribution in [3.05, 3.63) is 35.4 Å². The average Bonchev–Trinajstić information content (AvgIpc) is 2.48. The van der Waals surface area contributed by atoms with Gasteiger partial charge in [-0.05, 0) is 24.0 Å². The molecule has 3 N–H and O–H groups in total. The summed E-state index contributed by atoms with van der Waals surface area (Å²) in [5, 5.41) is 9.15. The lowest BCUT2D eigenvalue weighted by Crippen LogP contribution is -2.42. The molecule has 0 atom stereocenters. The van der Waals surface area contributed by atoms with Gasteiger partial charge < -0.3 is 15.7 Å². The molecular formula is C16H26N2O2. The number of carbonyl (C=O) groups is 1. The van der Waals surface area contributed by atoms with E-state index in [0.717, 1.165) is 24.0 Å². The number of hydrogen-bond acceptors (Lipinski definition) is 3. The molecule has 0 aromatic heterocycles. The van der Waals surface area contributed by atoms with Crippen molar-refractivity contribution in [3.63, 3.8) is 0 Å². The predicted molar refractivity (Wildman–Crippen MR) is 81.2 cm³/mol. The molecule has 0 saturated carbocycles. The fourth-order valence-electron chi connectivity index (χ4n) is 2.42.